The molecule has 0 saturated heterocycles. The van der Waals surface area contributed by atoms with E-state index < -0.39 is 0 Å². The third-order valence-corrected chi connectivity index (χ3v) is 3.69. The van der Waals surface area contributed by atoms with Gasteiger partial charge in [-0.1, -0.05) is 24.6 Å². The summed E-state index contributed by atoms with van der Waals surface area (Å²) in [4.78, 5) is 1.19. The summed E-state index contributed by atoms with van der Waals surface area (Å²) in [5.41, 5.74) is 0. The molecule has 1 rings (SSSR count). The van der Waals surface area contributed by atoms with Crippen LogP contribution >= 0.6 is 23.4 Å². The van der Waals surface area contributed by atoms with Crippen molar-refractivity contribution in [3.8, 4) is 12.3 Å². The summed E-state index contributed by atoms with van der Waals surface area (Å²) >= 11 is 7.73. The van der Waals surface area contributed by atoms with Crippen molar-refractivity contribution in [2.75, 3.05) is 12.3 Å². The SMILES string of the molecule is C#CCC(CSc1cccc(Cl)c1)NCCC. The molecule has 1 unspecified atom stereocenters. The Morgan fingerprint density at radius 1 is 1.53 bits per heavy atom. The van der Waals surface area contributed by atoms with Gasteiger partial charge in [-0.3, -0.25) is 0 Å². The Bertz CT molecular complexity index is 373. The second-order valence-corrected chi connectivity index (χ2v) is 5.36. The van der Waals surface area contributed by atoms with Crippen molar-refractivity contribution >= 4 is 23.4 Å². The fourth-order valence-corrected chi connectivity index (χ4v) is 2.70. The summed E-state index contributed by atoms with van der Waals surface area (Å²) in [6.45, 7) is 3.17. The van der Waals surface area contributed by atoms with Crippen LogP contribution in [0.4, 0.5) is 0 Å². The van der Waals surface area contributed by atoms with Gasteiger partial charge in [0.05, 0.1) is 0 Å². The van der Waals surface area contributed by atoms with Gasteiger partial charge in [0.1, 0.15) is 0 Å². The fourth-order valence-electron chi connectivity index (χ4n) is 1.43. The lowest BCUT2D eigenvalue weighted by Crippen LogP contribution is -2.31. The number of hydrogen-bond acceptors (Lipinski definition) is 2. The zero-order chi connectivity index (χ0) is 12.5. The number of benzene rings is 1. The minimum absolute atomic E-state index is 0.379. The van der Waals surface area contributed by atoms with Crippen LogP contribution in [0.1, 0.15) is 19.8 Å². The summed E-state index contributed by atoms with van der Waals surface area (Å²) in [7, 11) is 0. The lowest BCUT2D eigenvalue weighted by Gasteiger charge is -2.15. The fraction of sp³-hybridized carbons (Fsp3) is 0.429. The van der Waals surface area contributed by atoms with E-state index in [1.54, 1.807) is 11.8 Å². The number of nitrogens with one attached hydrogen (secondary N) is 1. The van der Waals surface area contributed by atoms with Gasteiger partial charge in [0.25, 0.3) is 0 Å². The van der Waals surface area contributed by atoms with Crippen LogP contribution in [0.5, 0.6) is 0 Å². The zero-order valence-corrected chi connectivity index (χ0v) is 11.7. The highest BCUT2D eigenvalue weighted by molar-refractivity contribution is 7.99. The van der Waals surface area contributed by atoms with Gasteiger partial charge in [0.2, 0.25) is 0 Å². The quantitative estimate of drug-likeness (QED) is 0.595. The molecule has 1 nitrogen and oxygen atoms in total. The molecule has 1 atom stereocenters. The van der Waals surface area contributed by atoms with Gasteiger partial charge in [-0.25, -0.2) is 0 Å². The lowest BCUT2D eigenvalue weighted by molar-refractivity contribution is 0.563. The van der Waals surface area contributed by atoms with E-state index >= 15 is 0 Å². The highest BCUT2D eigenvalue weighted by Crippen LogP contribution is 2.22. The van der Waals surface area contributed by atoms with Gasteiger partial charge in [-0.15, -0.1) is 24.1 Å². The van der Waals surface area contributed by atoms with Gasteiger partial charge >= 0.3 is 0 Å². The molecule has 1 aromatic rings. The van der Waals surface area contributed by atoms with Crippen LogP contribution in [0.2, 0.25) is 5.02 Å². The molecule has 92 valence electrons. The van der Waals surface area contributed by atoms with Gasteiger partial charge in [-0.05, 0) is 31.2 Å². The maximum absolute atomic E-state index is 5.94. The van der Waals surface area contributed by atoms with Gasteiger partial charge in [0, 0.05) is 28.1 Å². The van der Waals surface area contributed by atoms with Crippen molar-refractivity contribution in [2.45, 2.75) is 30.7 Å². The van der Waals surface area contributed by atoms with Crippen molar-refractivity contribution < 1.29 is 0 Å². The maximum atomic E-state index is 5.94. The first-order valence-electron chi connectivity index (χ1n) is 5.81. The predicted octanol–water partition coefficient (Wildman–Crippen LogP) is 3.82. The molecule has 0 spiro atoms. The monoisotopic (exact) mass is 267 g/mol. The molecular formula is C14H18ClNS. The van der Waals surface area contributed by atoms with E-state index in [9.17, 15) is 0 Å². The van der Waals surface area contributed by atoms with E-state index in [1.807, 2.05) is 18.2 Å². The normalized spacial score (nSPS) is 12.1. The van der Waals surface area contributed by atoms with E-state index in [1.165, 1.54) is 4.90 Å². The van der Waals surface area contributed by atoms with Crippen molar-refractivity contribution in [1.82, 2.24) is 5.32 Å². The Kier molecular flexibility index (Phi) is 7.19. The Hall–Kier alpha value is -0.620. The van der Waals surface area contributed by atoms with Crippen LogP contribution in [0.3, 0.4) is 0 Å². The van der Waals surface area contributed by atoms with E-state index in [2.05, 4.69) is 24.2 Å². The van der Waals surface area contributed by atoms with Crippen LogP contribution in [0, 0.1) is 12.3 Å². The zero-order valence-electron chi connectivity index (χ0n) is 10.1. The molecule has 0 aliphatic carbocycles. The van der Waals surface area contributed by atoms with E-state index in [0.29, 0.717) is 6.04 Å². The number of hydrogen-bond donors (Lipinski definition) is 1. The number of terminal acetylenes is 1. The van der Waals surface area contributed by atoms with Crippen molar-refractivity contribution in [1.29, 1.82) is 0 Å². The second-order valence-electron chi connectivity index (χ2n) is 3.83. The number of halogens is 1. The first-order chi connectivity index (χ1) is 8.26. The lowest BCUT2D eigenvalue weighted by atomic mass is 10.2. The molecule has 0 aromatic heterocycles. The first-order valence-corrected chi connectivity index (χ1v) is 7.17. The standard InChI is InChI=1S/C14H18ClNS/c1-3-6-13(16-9-4-2)11-17-14-8-5-7-12(15)10-14/h1,5,7-8,10,13,16H,4,6,9,11H2,2H3. The molecule has 0 radical (unpaired) electrons. The molecule has 17 heavy (non-hydrogen) atoms. The van der Waals surface area contributed by atoms with Crippen LogP contribution in [0.15, 0.2) is 29.2 Å². The van der Waals surface area contributed by atoms with Crippen LogP contribution in [-0.4, -0.2) is 18.3 Å². The molecule has 0 amide bonds. The highest BCUT2D eigenvalue weighted by Gasteiger charge is 2.06. The van der Waals surface area contributed by atoms with Crippen LogP contribution < -0.4 is 5.32 Å². The van der Waals surface area contributed by atoms with Gasteiger partial charge < -0.3 is 5.32 Å². The van der Waals surface area contributed by atoms with E-state index in [4.69, 9.17) is 18.0 Å². The topological polar surface area (TPSA) is 12.0 Å². The van der Waals surface area contributed by atoms with Gasteiger partial charge in [-0.2, -0.15) is 0 Å². The Morgan fingerprint density at radius 3 is 3.00 bits per heavy atom. The summed E-state index contributed by atoms with van der Waals surface area (Å²) in [6, 6.07) is 8.30. The Morgan fingerprint density at radius 2 is 2.35 bits per heavy atom. The molecule has 1 N–H and O–H groups in total. The third-order valence-electron chi connectivity index (χ3n) is 2.29. The molecule has 3 heteroatoms. The first kappa shape index (κ1) is 14.4. The highest BCUT2D eigenvalue weighted by atomic mass is 35.5. The minimum Gasteiger partial charge on any atom is -0.312 e. The van der Waals surface area contributed by atoms with E-state index in [0.717, 1.165) is 30.2 Å². The second kappa shape index (κ2) is 8.47. The summed E-state index contributed by atoms with van der Waals surface area (Å²) < 4.78 is 0. The Labute approximate surface area is 113 Å². The molecule has 0 aliphatic heterocycles. The molecule has 0 bridgehead atoms. The average Bonchev–Trinajstić information content (AvgIpc) is 2.33. The minimum atomic E-state index is 0.379. The molecule has 0 fully saturated rings. The van der Waals surface area contributed by atoms with Crippen molar-refractivity contribution in [3.63, 3.8) is 0 Å². The average molecular weight is 268 g/mol. The van der Waals surface area contributed by atoms with E-state index in [-0.39, 0.29) is 0 Å². The molecule has 0 saturated carbocycles. The number of rotatable bonds is 7. The molecule has 0 aliphatic rings. The van der Waals surface area contributed by atoms with Crippen molar-refractivity contribution in [3.05, 3.63) is 29.3 Å². The molecule has 0 heterocycles. The van der Waals surface area contributed by atoms with Crippen LogP contribution in [0.25, 0.3) is 0 Å². The van der Waals surface area contributed by atoms with Gasteiger partial charge in [0.15, 0.2) is 0 Å². The predicted molar refractivity (Wildman–Crippen MR) is 77.7 cm³/mol. The number of thioether (sulfide) groups is 1. The molecule has 1 aromatic carbocycles. The summed E-state index contributed by atoms with van der Waals surface area (Å²) in [6.07, 6.45) is 7.27. The third kappa shape index (κ3) is 6.02. The van der Waals surface area contributed by atoms with Crippen molar-refractivity contribution in [2.24, 2.45) is 0 Å². The maximum Gasteiger partial charge on any atom is 0.0417 e. The van der Waals surface area contributed by atoms with Crippen LogP contribution in [-0.2, 0) is 0 Å². The largest absolute Gasteiger partial charge is 0.312 e. The Balaban J connectivity index is 2.43. The molecular weight excluding hydrogens is 250 g/mol. The summed E-state index contributed by atoms with van der Waals surface area (Å²) in [5.74, 6) is 3.70. The smallest absolute Gasteiger partial charge is 0.0417 e. The summed E-state index contributed by atoms with van der Waals surface area (Å²) in [5, 5.41) is 4.24.